The van der Waals surface area contributed by atoms with Crippen molar-refractivity contribution in [3.05, 3.63) is 34.7 Å². The third-order valence-corrected chi connectivity index (χ3v) is 11.7. The van der Waals surface area contributed by atoms with E-state index in [1.807, 2.05) is 0 Å². The molecule has 1 aromatic carbocycles. The summed E-state index contributed by atoms with van der Waals surface area (Å²) in [6.07, 6.45) is 1.42. The van der Waals surface area contributed by atoms with E-state index >= 15 is 0 Å². The van der Waals surface area contributed by atoms with Gasteiger partial charge in [0, 0.05) is 42.5 Å². The van der Waals surface area contributed by atoms with Crippen LogP contribution >= 0.6 is 18.9 Å². The van der Waals surface area contributed by atoms with E-state index in [4.69, 9.17) is 14.5 Å². The number of ether oxygens (including phenoxy) is 1. The fourth-order valence-corrected chi connectivity index (χ4v) is 8.39. The standard InChI is InChI=1S/C30H37F2N4O9PS/c1-29(41)7-6-21(33-25(37)24-13-17-12-19(2-5-23(17)47-24)30(31,32)46(42,43)44)27(39)36-20(14-29)3-4-22(36)28(40)35-15-18(16-35)26(38)34-8-10-45-11-9-34/h2,5,12-13,18,20-22,41H,3-4,6-11,14-16H2,1H3,(H,33,37)(H2,42,43,44)/t20-,21+,22+,29+/m1/s1. The van der Waals surface area contributed by atoms with E-state index in [1.54, 1.807) is 16.7 Å². The lowest BCUT2D eigenvalue weighted by atomic mass is 9.87. The molecule has 2 aromatic rings. The molecule has 0 saturated carbocycles. The number of morpholine rings is 1. The minimum absolute atomic E-state index is 0.0178. The van der Waals surface area contributed by atoms with Gasteiger partial charge in [-0.15, -0.1) is 11.3 Å². The minimum atomic E-state index is -5.79. The van der Waals surface area contributed by atoms with Gasteiger partial charge in [0.25, 0.3) is 5.91 Å². The number of amides is 4. The first kappa shape index (κ1) is 33.9. The smallest absolute Gasteiger partial charge is 0.390 e. The van der Waals surface area contributed by atoms with Crippen LogP contribution in [0.2, 0.25) is 0 Å². The van der Waals surface area contributed by atoms with Crippen molar-refractivity contribution >= 4 is 52.6 Å². The van der Waals surface area contributed by atoms with Crippen molar-refractivity contribution in [1.29, 1.82) is 0 Å². The van der Waals surface area contributed by atoms with Gasteiger partial charge in [0.1, 0.15) is 12.1 Å². The number of fused-ring (bicyclic) bond motifs is 2. The van der Waals surface area contributed by atoms with Crippen molar-refractivity contribution in [3.63, 3.8) is 0 Å². The second-order valence-corrected chi connectivity index (χ2v) is 15.8. The summed E-state index contributed by atoms with van der Waals surface area (Å²) in [4.78, 5) is 77.1. The number of nitrogens with zero attached hydrogens (tertiary/aromatic N) is 3. The Morgan fingerprint density at radius 1 is 1.06 bits per heavy atom. The quantitative estimate of drug-likeness (QED) is 0.328. The lowest BCUT2D eigenvalue weighted by Gasteiger charge is -2.44. The van der Waals surface area contributed by atoms with Crippen molar-refractivity contribution < 1.29 is 52.2 Å². The summed E-state index contributed by atoms with van der Waals surface area (Å²) in [5, 5.41) is 14.0. The Labute approximate surface area is 273 Å². The number of rotatable bonds is 6. The zero-order chi connectivity index (χ0) is 33.9. The van der Waals surface area contributed by atoms with Gasteiger partial charge < -0.3 is 39.6 Å². The van der Waals surface area contributed by atoms with Crippen LogP contribution in [0.3, 0.4) is 0 Å². The molecule has 1 aromatic heterocycles. The van der Waals surface area contributed by atoms with Crippen LogP contribution in [-0.2, 0) is 29.3 Å². The van der Waals surface area contributed by atoms with E-state index in [0.717, 1.165) is 23.5 Å². The zero-order valence-electron chi connectivity index (χ0n) is 25.6. The number of halogens is 2. The lowest BCUT2D eigenvalue weighted by Crippen LogP contribution is -2.63. The van der Waals surface area contributed by atoms with Crippen molar-refractivity contribution in [1.82, 2.24) is 20.0 Å². The molecule has 4 N–H and O–H groups in total. The van der Waals surface area contributed by atoms with E-state index in [0.29, 0.717) is 43.8 Å². The number of carbonyl (C=O) groups excluding carboxylic acids is 4. The average molecular weight is 699 g/mol. The molecule has 0 radical (unpaired) electrons. The van der Waals surface area contributed by atoms with Crippen molar-refractivity contribution in [3.8, 4) is 0 Å². The number of hydrogen-bond donors (Lipinski definition) is 4. The predicted molar refractivity (Wildman–Crippen MR) is 165 cm³/mol. The van der Waals surface area contributed by atoms with Crippen LogP contribution in [-0.4, -0.2) is 116 Å². The molecule has 4 saturated heterocycles. The minimum Gasteiger partial charge on any atom is -0.390 e. The summed E-state index contributed by atoms with van der Waals surface area (Å²) in [7, 11) is -5.79. The molecule has 4 amide bonds. The Balaban J connectivity index is 1.17. The number of benzene rings is 1. The Kier molecular flexibility index (Phi) is 8.98. The van der Waals surface area contributed by atoms with E-state index < -0.39 is 54.4 Å². The third kappa shape index (κ3) is 6.55. The first-order valence-corrected chi connectivity index (χ1v) is 18.0. The van der Waals surface area contributed by atoms with Crippen LogP contribution in [0, 0.1) is 5.92 Å². The normalized spacial score (nSPS) is 27.7. The number of hydrogen-bond acceptors (Lipinski definition) is 8. The zero-order valence-corrected chi connectivity index (χ0v) is 27.4. The molecule has 0 aliphatic carbocycles. The van der Waals surface area contributed by atoms with Gasteiger partial charge in [-0.1, -0.05) is 6.07 Å². The van der Waals surface area contributed by atoms with E-state index in [2.05, 4.69) is 5.32 Å². The van der Waals surface area contributed by atoms with Gasteiger partial charge in [0.15, 0.2) is 0 Å². The van der Waals surface area contributed by atoms with Gasteiger partial charge >= 0.3 is 13.3 Å². The molecule has 4 fully saturated rings. The third-order valence-electron chi connectivity index (χ3n) is 9.61. The number of likely N-dealkylation sites (tertiary alicyclic amines) is 1. The monoisotopic (exact) mass is 698 g/mol. The van der Waals surface area contributed by atoms with Crippen molar-refractivity contribution in [2.75, 3.05) is 39.4 Å². The molecule has 0 unspecified atom stereocenters. The molecule has 5 heterocycles. The maximum Gasteiger partial charge on any atom is 0.399 e. The number of nitrogens with one attached hydrogen (secondary N) is 1. The summed E-state index contributed by atoms with van der Waals surface area (Å²) >= 11 is 0.959. The van der Waals surface area contributed by atoms with Crippen LogP contribution < -0.4 is 5.32 Å². The molecule has 6 rings (SSSR count). The predicted octanol–water partition coefficient (Wildman–Crippen LogP) is 1.84. The molecule has 4 atom stereocenters. The van der Waals surface area contributed by atoms with Crippen LogP contribution in [0.4, 0.5) is 8.78 Å². The molecule has 4 aliphatic rings. The van der Waals surface area contributed by atoms with E-state index in [9.17, 15) is 37.6 Å². The van der Waals surface area contributed by atoms with Crippen molar-refractivity contribution in [2.24, 2.45) is 5.92 Å². The van der Waals surface area contributed by atoms with Gasteiger partial charge in [-0.3, -0.25) is 23.7 Å². The second kappa shape index (κ2) is 12.5. The summed E-state index contributed by atoms with van der Waals surface area (Å²) in [5.74, 6) is -1.73. The fourth-order valence-electron chi connectivity index (χ4n) is 6.97. The van der Waals surface area contributed by atoms with Crippen LogP contribution in [0.25, 0.3) is 10.1 Å². The maximum absolute atomic E-state index is 14.3. The number of thiophene rings is 1. The summed E-state index contributed by atoms with van der Waals surface area (Å²) in [6.45, 7) is 4.14. The highest BCUT2D eigenvalue weighted by Crippen LogP contribution is 2.59. The van der Waals surface area contributed by atoms with Gasteiger partial charge in [0.2, 0.25) is 17.7 Å². The van der Waals surface area contributed by atoms with Gasteiger partial charge in [-0.25, -0.2) is 0 Å². The number of alkyl halides is 2. The molecule has 0 bridgehead atoms. The molecular weight excluding hydrogens is 661 g/mol. The average Bonchev–Trinajstić information content (AvgIpc) is 3.61. The van der Waals surface area contributed by atoms with Gasteiger partial charge in [-0.2, -0.15) is 8.78 Å². The lowest BCUT2D eigenvalue weighted by molar-refractivity contribution is -0.157. The van der Waals surface area contributed by atoms with Gasteiger partial charge in [-0.05, 0) is 62.6 Å². The Hall–Kier alpha value is -3.01. The molecule has 0 spiro atoms. The summed E-state index contributed by atoms with van der Waals surface area (Å²) in [5.41, 5.74) is -6.48. The SMILES string of the molecule is C[C@]1(O)CC[C@H](NC(=O)c2cc3cc(C(F)(F)P(=O)(O)O)ccc3s2)C(=O)N2[C@H](CC[C@H]2C(=O)N2CC(C(=O)N3CCOCC3)C2)C1. The summed E-state index contributed by atoms with van der Waals surface area (Å²) in [6, 6.07) is 2.03. The Morgan fingerprint density at radius 3 is 2.45 bits per heavy atom. The largest absolute Gasteiger partial charge is 0.399 e. The molecule has 47 heavy (non-hydrogen) atoms. The topological polar surface area (TPSA) is 177 Å². The fraction of sp³-hybridized carbons (Fsp3) is 0.600. The van der Waals surface area contributed by atoms with Crippen molar-refractivity contribution in [2.45, 2.75) is 68.4 Å². The van der Waals surface area contributed by atoms with Crippen LogP contribution in [0.15, 0.2) is 24.3 Å². The first-order chi connectivity index (χ1) is 22.1. The van der Waals surface area contributed by atoms with Gasteiger partial charge in [0.05, 0.1) is 29.6 Å². The molecule has 13 nitrogen and oxygen atoms in total. The molecule has 17 heteroatoms. The highest BCUT2D eigenvalue weighted by molar-refractivity contribution is 7.52. The van der Waals surface area contributed by atoms with Crippen LogP contribution in [0.5, 0.6) is 0 Å². The highest BCUT2D eigenvalue weighted by Gasteiger charge is 2.51. The Morgan fingerprint density at radius 2 is 1.77 bits per heavy atom. The highest BCUT2D eigenvalue weighted by atomic mass is 32.1. The van der Waals surface area contributed by atoms with E-state index in [1.165, 1.54) is 17.0 Å². The molecule has 4 aliphatic heterocycles. The van der Waals surface area contributed by atoms with E-state index in [-0.39, 0.29) is 60.3 Å². The molecule has 256 valence electrons. The molecular formula is C30H37F2N4O9PS. The first-order valence-electron chi connectivity index (χ1n) is 15.5. The maximum atomic E-state index is 14.3. The summed E-state index contributed by atoms with van der Waals surface area (Å²) < 4.78 is 45.7. The van der Waals surface area contributed by atoms with Crippen LogP contribution in [0.1, 0.15) is 54.3 Å². The number of carbonyl (C=O) groups is 4. The second-order valence-electron chi connectivity index (χ2n) is 13.1. The Bertz CT molecular complexity index is 1640. The number of aliphatic hydroxyl groups is 1.